The van der Waals surface area contributed by atoms with E-state index in [1.807, 2.05) is 84.9 Å². The zero-order valence-electron chi connectivity index (χ0n) is 15.9. The maximum Gasteiger partial charge on any atom is 0.342 e. The number of carbonyl (C=O) groups excluding carboxylic acids is 1. The maximum absolute atomic E-state index is 13.1. The zero-order chi connectivity index (χ0) is 20.2. The van der Waals surface area contributed by atoms with Gasteiger partial charge in [0.05, 0.1) is 6.61 Å². The molecule has 0 aliphatic rings. The van der Waals surface area contributed by atoms with Crippen molar-refractivity contribution in [1.82, 2.24) is 0 Å². The quantitative estimate of drug-likeness (QED) is 0.283. The molecule has 0 aliphatic heterocycles. The molecule has 0 radical (unpaired) electrons. The standard InChI is InChI=1S/C25H19BrO3.CH4/c1-2-28-25(27)22-21(17-11-5-3-6-12-17)23(18-13-7-4-8-14-18)29-24(22)19-15-9-10-16-20(19)26;/h3-16H,2H2,1H3;1H4. The van der Waals surface area contributed by atoms with Gasteiger partial charge in [-0.15, -0.1) is 0 Å². The van der Waals surface area contributed by atoms with Gasteiger partial charge < -0.3 is 9.15 Å². The van der Waals surface area contributed by atoms with Gasteiger partial charge >= 0.3 is 5.97 Å². The van der Waals surface area contributed by atoms with Crippen molar-refractivity contribution in [3.8, 4) is 33.8 Å². The molecule has 3 aromatic carbocycles. The minimum absolute atomic E-state index is 0. The fraction of sp³-hybridized carbons (Fsp3) is 0.115. The van der Waals surface area contributed by atoms with E-state index in [2.05, 4.69) is 15.9 Å². The first-order chi connectivity index (χ1) is 14.2. The molecule has 0 amide bonds. The van der Waals surface area contributed by atoms with E-state index in [1.165, 1.54) is 0 Å². The largest absolute Gasteiger partial charge is 0.462 e. The normalized spacial score (nSPS) is 10.3. The number of halogens is 1. The molecule has 3 nitrogen and oxygen atoms in total. The number of furan rings is 1. The first-order valence-electron chi connectivity index (χ1n) is 9.40. The van der Waals surface area contributed by atoms with E-state index in [4.69, 9.17) is 9.15 Å². The van der Waals surface area contributed by atoms with Gasteiger partial charge in [0.25, 0.3) is 0 Å². The van der Waals surface area contributed by atoms with Crippen molar-refractivity contribution in [3.05, 3.63) is 95.0 Å². The van der Waals surface area contributed by atoms with Crippen molar-refractivity contribution >= 4 is 21.9 Å². The van der Waals surface area contributed by atoms with Gasteiger partial charge in [-0.3, -0.25) is 0 Å². The van der Waals surface area contributed by atoms with Crippen molar-refractivity contribution in [2.75, 3.05) is 6.61 Å². The molecular weight excluding hydrogens is 440 g/mol. The van der Waals surface area contributed by atoms with Crippen LogP contribution in [0, 0.1) is 0 Å². The molecule has 1 aromatic heterocycles. The molecule has 0 unspecified atom stereocenters. The van der Waals surface area contributed by atoms with Crippen LogP contribution in [0.25, 0.3) is 33.8 Å². The number of ether oxygens (including phenoxy) is 1. The highest BCUT2D eigenvalue weighted by molar-refractivity contribution is 9.10. The van der Waals surface area contributed by atoms with Gasteiger partial charge in [0, 0.05) is 21.2 Å². The molecular formula is C26H23BrO3. The number of hydrogen-bond acceptors (Lipinski definition) is 3. The molecule has 0 atom stereocenters. The van der Waals surface area contributed by atoms with E-state index in [1.54, 1.807) is 6.92 Å². The number of rotatable bonds is 5. The van der Waals surface area contributed by atoms with Crippen molar-refractivity contribution in [3.63, 3.8) is 0 Å². The van der Waals surface area contributed by atoms with Crippen LogP contribution in [0.1, 0.15) is 24.7 Å². The molecule has 152 valence electrons. The van der Waals surface area contributed by atoms with Crippen LogP contribution in [0.2, 0.25) is 0 Å². The van der Waals surface area contributed by atoms with E-state index in [-0.39, 0.29) is 14.0 Å². The van der Waals surface area contributed by atoms with Crippen LogP contribution in [-0.4, -0.2) is 12.6 Å². The Labute approximate surface area is 185 Å². The van der Waals surface area contributed by atoms with Gasteiger partial charge in [-0.1, -0.05) is 102 Å². The minimum Gasteiger partial charge on any atom is -0.462 e. The summed E-state index contributed by atoms with van der Waals surface area (Å²) in [5.74, 6) is 0.738. The zero-order valence-corrected chi connectivity index (χ0v) is 17.5. The first kappa shape index (κ1) is 21.6. The third kappa shape index (κ3) is 4.10. The lowest BCUT2D eigenvalue weighted by molar-refractivity contribution is 0.0527. The highest BCUT2D eigenvalue weighted by Crippen LogP contribution is 2.45. The topological polar surface area (TPSA) is 39.4 Å². The SMILES string of the molecule is C.CCOC(=O)c1c(-c2ccccc2Br)oc(-c2ccccc2)c1-c1ccccc1. The smallest absolute Gasteiger partial charge is 0.342 e. The van der Waals surface area contributed by atoms with E-state index in [9.17, 15) is 4.79 Å². The number of hydrogen-bond donors (Lipinski definition) is 0. The van der Waals surface area contributed by atoms with E-state index in [0.29, 0.717) is 17.1 Å². The van der Waals surface area contributed by atoms with Crippen LogP contribution in [0.4, 0.5) is 0 Å². The van der Waals surface area contributed by atoms with Crippen LogP contribution in [0.3, 0.4) is 0 Å². The summed E-state index contributed by atoms with van der Waals surface area (Å²) < 4.78 is 12.7. The van der Waals surface area contributed by atoms with Gasteiger partial charge in [-0.05, 0) is 18.6 Å². The predicted octanol–water partition coefficient (Wildman–Crippen LogP) is 7.86. The molecule has 1 heterocycles. The third-order valence-corrected chi connectivity index (χ3v) is 5.30. The minimum atomic E-state index is -0.400. The Bertz CT molecular complexity index is 1130. The Morgan fingerprint density at radius 2 is 1.40 bits per heavy atom. The Kier molecular flexibility index (Phi) is 6.91. The molecule has 4 heteroatoms. The summed E-state index contributed by atoms with van der Waals surface area (Å²) in [7, 11) is 0. The van der Waals surface area contributed by atoms with Crippen LogP contribution in [0.5, 0.6) is 0 Å². The fourth-order valence-corrected chi connectivity index (χ4v) is 3.80. The summed E-state index contributed by atoms with van der Waals surface area (Å²) in [6.45, 7) is 2.09. The monoisotopic (exact) mass is 462 g/mol. The van der Waals surface area contributed by atoms with Crippen LogP contribution < -0.4 is 0 Å². The Morgan fingerprint density at radius 1 is 0.833 bits per heavy atom. The van der Waals surface area contributed by atoms with Gasteiger partial charge in [0.15, 0.2) is 5.76 Å². The average Bonchev–Trinajstić information content (AvgIpc) is 3.16. The van der Waals surface area contributed by atoms with E-state index >= 15 is 0 Å². The number of esters is 1. The molecule has 4 aromatic rings. The molecule has 0 fully saturated rings. The molecule has 0 saturated carbocycles. The van der Waals surface area contributed by atoms with E-state index in [0.717, 1.165) is 26.7 Å². The van der Waals surface area contributed by atoms with Crippen molar-refractivity contribution in [1.29, 1.82) is 0 Å². The van der Waals surface area contributed by atoms with Crippen LogP contribution in [0.15, 0.2) is 93.8 Å². The van der Waals surface area contributed by atoms with Crippen molar-refractivity contribution < 1.29 is 13.9 Å². The summed E-state index contributed by atoms with van der Waals surface area (Å²) in [6, 6.07) is 27.3. The highest BCUT2D eigenvalue weighted by atomic mass is 79.9. The Hall–Kier alpha value is -3.11. The third-order valence-electron chi connectivity index (χ3n) is 4.60. The Balaban J connectivity index is 0.00000256. The second-order valence-electron chi connectivity index (χ2n) is 6.44. The molecule has 0 aliphatic carbocycles. The summed E-state index contributed by atoms with van der Waals surface area (Å²) >= 11 is 3.59. The summed E-state index contributed by atoms with van der Waals surface area (Å²) in [5, 5.41) is 0. The maximum atomic E-state index is 13.1. The second-order valence-corrected chi connectivity index (χ2v) is 7.30. The lowest BCUT2D eigenvalue weighted by Gasteiger charge is -2.08. The van der Waals surface area contributed by atoms with Crippen molar-refractivity contribution in [2.45, 2.75) is 14.4 Å². The van der Waals surface area contributed by atoms with Gasteiger partial charge in [0.1, 0.15) is 11.3 Å². The molecule has 30 heavy (non-hydrogen) atoms. The second kappa shape index (κ2) is 9.59. The molecule has 0 spiro atoms. The average molecular weight is 463 g/mol. The summed E-state index contributed by atoms with van der Waals surface area (Å²) in [6.07, 6.45) is 0. The molecule has 0 saturated heterocycles. The number of carbonyl (C=O) groups is 1. The highest BCUT2D eigenvalue weighted by Gasteiger charge is 2.30. The summed E-state index contributed by atoms with van der Waals surface area (Å²) in [5.41, 5.74) is 3.77. The van der Waals surface area contributed by atoms with Crippen LogP contribution >= 0.6 is 15.9 Å². The molecule has 0 bridgehead atoms. The first-order valence-corrected chi connectivity index (χ1v) is 10.2. The molecule has 0 N–H and O–H groups in total. The fourth-order valence-electron chi connectivity index (χ4n) is 3.34. The van der Waals surface area contributed by atoms with E-state index < -0.39 is 5.97 Å². The van der Waals surface area contributed by atoms with Gasteiger partial charge in [-0.25, -0.2) is 4.79 Å². The molecule has 4 rings (SSSR count). The number of benzene rings is 3. The van der Waals surface area contributed by atoms with Crippen LogP contribution in [-0.2, 0) is 4.74 Å². The lowest BCUT2D eigenvalue weighted by atomic mass is 9.95. The lowest BCUT2D eigenvalue weighted by Crippen LogP contribution is -2.06. The van der Waals surface area contributed by atoms with Gasteiger partial charge in [0.2, 0.25) is 0 Å². The van der Waals surface area contributed by atoms with Gasteiger partial charge in [-0.2, -0.15) is 0 Å². The predicted molar refractivity (Wildman–Crippen MR) is 125 cm³/mol. The van der Waals surface area contributed by atoms with Crippen molar-refractivity contribution in [2.24, 2.45) is 0 Å². The summed E-state index contributed by atoms with van der Waals surface area (Å²) in [4.78, 5) is 13.1. The Morgan fingerprint density at radius 3 is 2.00 bits per heavy atom.